The molecule has 2 aromatic rings. The van der Waals surface area contributed by atoms with Gasteiger partial charge in [-0.05, 0) is 31.8 Å². The zero-order valence-electron chi connectivity index (χ0n) is 16.6. The van der Waals surface area contributed by atoms with Crippen molar-refractivity contribution in [1.82, 2.24) is 19.9 Å². The van der Waals surface area contributed by atoms with Gasteiger partial charge in [-0.2, -0.15) is 0 Å². The molecule has 148 valence electrons. The largest absolute Gasteiger partial charge is 0.438 e. The van der Waals surface area contributed by atoms with Crippen LogP contribution in [0.25, 0.3) is 11.2 Å². The van der Waals surface area contributed by atoms with Crippen LogP contribution < -0.4 is 10.1 Å². The third-order valence-electron chi connectivity index (χ3n) is 5.26. The Balaban J connectivity index is 1.80. The summed E-state index contributed by atoms with van der Waals surface area (Å²) in [6.45, 7) is 9.52. The predicted molar refractivity (Wildman–Crippen MR) is 111 cm³/mol. The molecule has 6 nitrogen and oxygen atoms in total. The number of nitrogens with one attached hydrogen (secondary N) is 1. The second-order valence-corrected chi connectivity index (χ2v) is 7.36. The van der Waals surface area contributed by atoms with Gasteiger partial charge in [0, 0.05) is 19.3 Å². The normalized spacial score (nSPS) is 16.2. The standard InChI is InChI=1S/C22H28N4O2/c1-5-6-10-15(2)28-19-13-23-21-20(25-19)18(14-26(21)4)22(27)24-16(3)17-11-8-7-9-12-17/h5-6,10,13-14,16-17H,1-2,7-9,11-12H2,3-4H3,(H,24,27)/b10-6-/t16-/m0/s1. The van der Waals surface area contributed by atoms with Crippen molar-refractivity contribution >= 4 is 17.1 Å². The maximum atomic E-state index is 12.9. The van der Waals surface area contributed by atoms with Crippen LogP contribution in [0.5, 0.6) is 5.88 Å². The van der Waals surface area contributed by atoms with Gasteiger partial charge in [0.05, 0.1) is 11.8 Å². The SMILES string of the molecule is C=C/C=C\C(=C)Oc1cnc2c(n1)c(C(=O)N[C@@H](C)C1CCCCC1)cn2C. The van der Waals surface area contributed by atoms with E-state index in [4.69, 9.17) is 4.74 Å². The van der Waals surface area contributed by atoms with Crippen molar-refractivity contribution in [3.05, 3.63) is 55.1 Å². The predicted octanol–water partition coefficient (Wildman–Crippen LogP) is 4.30. The molecule has 1 aliphatic rings. The number of amides is 1. The first-order valence-electron chi connectivity index (χ1n) is 9.78. The number of aromatic nitrogens is 3. The summed E-state index contributed by atoms with van der Waals surface area (Å²) in [5.41, 5.74) is 1.66. The number of carbonyl (C=O) groups excluding carboxylic acids is 1. The van der Waals surface area contributed by atoms with Crippen LogP contribution in [-0.4, -0.2) is 26.5 Å². The molecular formula is C22H28N4O2. The van der Waals surface area contributed by atoms with Crippen LogP contribution in [0.4, 0.5) is 0 Å². The Kier molecular flexibility index (Phi) is 6.29. The number of carbonyl (C=O) groups is 1. The highest BCUT2D eigenvalue weighted by Gasteiger charge is 2.24. The Morgan fingerprint density at radius 2 is 2.14 bits per heavy atom. The first-order valence-corrected chi connectivity index (χ1v) is 9.78. The highest BCUT2D eigenvalue weighted by atomic mass is 16.5. The Bertz CT molecular complexity index is 907. The Morgan fingerprint density at radius 1 is 1.39 bits per heavy atom. The number of hydrogen-bond acceptors (Lipinski definition) is 4. The van der Waals surface area contributed by atoms with E-state index >= 15 is 0 Å². The van der Waals surface area contributed by atoms with Crippen molar-refractivity contribution in [3.8, 4) is 5.88 Å². The molecular weight excluding hydrogens is 352 g/mol. The quantitative estimate of drug-likeness (QED) is 0.574. The van der Waals surface area contributed by atoms with Gasteiger partial charge in [-0.15, -0.1) is 0 Å². The molecule has 0 saturated heterocycles. The molecule has 6 heteroatoms. The van der Waals surface area contributed by atoms with E-state index in [1.807, 2.05) is 7.05 Å². The summed E-state index contributed by atoms with van der Waals surface area (Å²) in [5, 5.41) is 3.16. The minimum absolute atomic E-state index is 0.125. The summed E-state index contributed by atoms with van der Waals surface area (Å²) in [6, 6.07) is 0.138. The first-order chi connectivity index (χ1) is 13.5. The Hall–Kier alpha value is -2.89. The second-order valence-electron chi connectivity index (χ2n) is 7.36. The Labute approximate surface area is 166 Å². The molecule has 0 radical (unpaired) electrons. The molecule has 0 aromatic carbocycles. The lowest BCUT2D eigenvalue weighted by Crippen LogP contribution is -2.38. The van der Waals surface area contributed by atoms with Crippen LogP contribution in [0.15, 0.2) is 49.5 Å². The fourth-order valence-corrected chi connectivity index (χ4v) is 3.72. The van der Waals surface area contributed by atoms with E-state index in [0.29, 0.717) is 34.3 Å². The average Bonchev–Trinajstić information content (AvgIpc) is 3.03. The van der Waals surface area contributed by atoms with Gasteiger partial charge in [-0.1, -0.05) is 44.6 Å². The summed E-state index contributed by atoms with van der Waals surface area (Å²) in [4.78, 5) is 21.8. The highest BCUT2D eigenvalue weighted by Crippen LogP contribution is 2.27. The maximum Gasteiger partial charge on any atom is 0.255 e. The van der Waals surface area contributed by atoms with Crippen molar-refractivity contribution in [2.24, 2.45) is 13.0 Å². The molecule has 3 rings (SSSR count). The van der Waals surface area contributed by atoms with E-state index in [-0.39, 0.29) is 11.9 Å². The third-order valence-corrected chi connectivity index (χ3v) is 5.26. The fraction of sp³-hybridized carbons (Fsp3) is 0.409. The molecule has 1 aliphatic carbocycles. The van der Waals surface area contributed by atoms with Crippen LogP contribution >= 0.6 is 0 Å². The molecule has 1 fully saturated rings. The Morgan fingerprint density at radius 3 is 2.86 bits per heavy atom. The van der Waals surface area contributed by atoms with Crippen molar-refractivity contribution in [2.45, 2.75) is 45.1 Å². The second kappa shape index (κ2) is 8.87. The van der Waals surface area contributed by atoms with E-state index in [2.05, 4.69) is 35.4 Å². The van der Waals surface area contributed by atoms with Gasteiger partial charge in [-0.25, -0.2) is 9.97 Å². The third kappa shape index (κ3) is 4.50. The number of nitrogens with zero attached hydrogens (tertiary/aromatic N) is 3. The van der Waals surface area contributed by atoms with Crippen LogP contribution in [0, 0.1) is 5.92 Å². The van der Waals surface area contributed by atoms with Gasteiger partial charge in [0.25, 0.3) is 5.91 Å². The summed E-state index contributed by atoms with van der Waals surface area (Å²) in [5.74, 6) is 1.13. The number of allylic oxidation sites excluding steroid dienone is 3. The lowest BCUT2D eigenvalue weighted by atomic mass is 9.84. The average molecular weight is 380 g/mol. The van der Waals surface area contributed by atoms with E-state index in [0.717, 1.165) is 0 Å². The van der Waals surface area contributed by atoms with E-state index in [9.17, 15) is 4.79 Å². The number of aryl methyl sites for hydroxylation is 1. The van der Waals surface area contributed by atoms with Crippen molar-refractivity contribution in [2.75, 3.05) is 0 Å². The molecule has 0 unspecified atom stereocenters. The topological polar surface area (TPSA) is 69.0 Å². The molecule has 1 N–H and O–H groups in total. The van der Waals surface area contributed by atoms with Crippen LogP contribution in [0.3, 0.4) is 0 Å². The first kappa shape index (κ1) is 19.9. The molecule has 1 saturated carbocycles. The number of hydrogen-bond donors (Lipinski definition) is 1. The molecule has 0 spiro atoms. The fourth-order valence-electron chi connectivity index (χ4n) is 3.72. The van der Waals surface area contributed by atoms with Crippen molar-refractivity contribution < 1.29 is 9.53 Å². The number of rotatable bonds is 7. The summed E-state index contributed by atoms with van der Waals surface area (Å²) in [7, 11) is 1.85. The monoisotopic (exact) mass is 380 g/mol. The van der Waals surface area contributed by atoms with E-state index < -0.39 is 0 Å². The lowest BCUT2D eigenvalue weighted by Gasteiger charge is -2.28. The maximum absolute atomic E-state index is 12.9. The van der Waals surface area contributed by atoms with Crippen LogP contribution in [-0.2, 0) is 7.05 Å². The van der Waals surface area contributed by atoms with Crippen LogP contribution in [0.1, 0.15) is 49.4 Å². The van der Waals surface area contributed by atoms with Crippen molar-refractivity contribution in [1.29, 1.82) is 0 Å². The van der Waals surface area contributed by atoms with Gasteiger partial charge < -0.3 is 14.6 Å². The minimum atomic E-state index is -0.125. The summed E-state index contributed by atoms with van der Waals surface area (Å²) < 4.78 is 7.41. The van der Waals surface area contributed by atoms with Gasteiger partial charge in [0.2, 0.25) is 5.88 Å². The number of ether oxygens (including phenoxy) is 1. The molecule has 1 atom stereocenters. The van der Waals surface area contributed by atoms with Gasteiger partial charge in [0.15, 0.2) is 5.65 Å². The van der Waals surface area contributed by atoms with E-state index in [1.165, 1.54) is 38.3 Å². The molecule has 2 aromatic heterocycles. The molecule has 0 aliphatic heterocycles. The zero-order chi connectivity index (χ0) is 20.1. The minimum Gasteiger partial charge on any atom is -0.438 e. The molecule has 28 heavy (non-hydrogen) atoms. The zero-order valence-corrected chi connectivity index (χ0v) is 16.6. The van der Waals surface area contributed by atoms with Crippen molar-refractivity contribution in [3.63, 3.8) is 0 Å². The van der Waals surface area contributed by atoms with Gasteiger partial charge in [-0.3, -0.25) is 4.79 Å². The van der Waals surface area contributed by atoms with Crippen LogP contribution in [0.2, 0.25) is 0 Å². The van der Waals surface area contributed by atoms with Gasteiger partial charge >= 0.3 is 0 Å². The molecule has 0 bridgehead atoms. The lowest BCUT2D eigenvalue weighted by molar-refractivity contribution is 0.0920. The highest BCUT2D eigenvalue weighted by molar-refractivity contribution is 6.04. The smallest absolute Gasteiger partial charge is 0.255 e. The number of fused-ring (bicyclic) bond motifs is 1. The summed E-state index contributed by atoms with van der Waals surface area (Å²) >= 11 is 0. The van der Waals surface area contributed by atoms with Gasteiger partial charge in [0.1, 0.15) is 11.3 Å². The molecule has 2 heterocycles. The van der Waals surface area contributed by atoms with E-state index in [1.54, 1.807) is 29.0 Å². The summed E-state index contributed by atoms with van der Waals surface area (Å²) in [6.07, 6.45) is 14.5. The molecule has 1 amide bonds.